The molecule has 86 valence electrons. The smallest absolute Gasteiger partial charge is 0.0380 e. The van der Waals surface area contributed by atoms with E-state index >= 15 is 0 Å². The fourth-order valence-electron chi connectivity index (χ4n) is 1.59. The predicted molar refractivity (Wildman–Crippen MR) is 79.7 cm³/mol. The van der Waals surface area contributed by atoms with Gasteiger partial charge in [-0.3, -0.25) is 0 Å². The lowest BCUT2D eigenvalue weighted by Gasteiger charge is -2.16. The minimum Gasteiger partial charge on any atom is -0.360 e. The van der Waals surface area contributed by atoms with Crippen molar-refractivity contribution in [1.82, 2.24) is 4.90 Å². The van der Waals surface area contributed by atoms with Gasteiger partial charge in [0.05, 0.1) is 0 Å². The zero-order valence-electron chi connectivity index (χ0n) is 9.39. The number of allylic oxidation sites excluding steroid dienone is 1. The number of hydrogen-bond donors (Lipinski definition) is 1. The highest BCUT2D eigenvalue weighted by molar-refractivity contribution is 14.0. The summed E-state index contributed by atoms with van der Waals surface area (Å²) in [6.07, 6.45) is 7.53. The van der Waals surface area contributed by atoms with Crippen molar-refractivity contribution in [3.8, 4) is 0 Å². The van der Waals surface area contributed by atoms with Gasteiger partial charge < -0.3 is 10.2 Å². The third-order valence-corrected chi connectivity index (χ3v) is 2.50. The molecule has 0 bridgehead atoms. The molecular formula is C13H17IN2. The van der Waals surface area contributed by atoms with E-state index in [4.69, 9.17) is 0 Å². The van der Waals surface area contributed by atoms with Gasteiger partial charge in [0.15, 0.2) is 0 Å². The van der Waals surface area contributed by atoms with E-state index in [0.717, 1.165) is 18.7 Å². The molecule has 0 fully saturated rings. The first-order chi connectivity index (χ1) is 7.36. The highest BCUT2D eigenvalue weighted by atomic mass is 127. The second kappa shape index (κ2) is 6.58. The Balaban J connectivity index is 0.00000128. The molecule has 1 aromatic carbocycles. The Morgan fingerprint density at radius 3 is 2.69 bits per heavy atom. The van der Waals surface area contributed by atoms with Crippen LogP contribution in [0, 0.1) is 0 Å². The molecule has 0 amide bonds. The van der Waals surface area contributed by atoms with Crippen LogP contribution in [0.5, 0.6) is 0 Å². The molecule has 2 rings (SSSR count). The first kappa shape index (κ1) is 13.1. The van der Waals surface area contributed by atoms with Crippen LogP contribution >= 0.6 is 24.0 Å². The second-order valence-corrected chi connectivity index (χ2v) is 3.66. The Hall–Kier alpha value is -0.970. The molecule has 1 aliphatic heterocycles. The zero-order valence-corrected chi connectivity index (χ0v) is 11.7. The number of para-hydroxylation sites is 1. The van der Waals surface area contributed by atoms with E-state index in [2.05, 4.69) is 41.5 Å². The average Bonchev–Trinajstić information content (AvgIpc) is 2.81. The van der Waals surface area contributed by atoms with Crippen LogP contribution in [0.3, 0.4) is 0 Å². The van der Waals surface area contributed by atoms with Crippen molar-refractivity contribution in [1.29, 1.82) is 0 Å². The van der Waals surface area contributed by atoms with Gasteiger partial charge in [-0.05, 0) is 31.7 Å². The van der Waals surface area contributed by atoms with Gasteiger partial charge in [-0.1, -0.05) is 24.3 Å². The minimum absolute atomic E-state index is 0. The van der Waals surface area contributed by atoms with Crippen LogP contribution < -0.4 is 5.32 Å². The number of halogens is 1. The van der Waals surface area contributed by atoms with Crippen molar-refractivity contribution in [2.24, 2.45) is 0 Å². The van der Waals surface area contributed by atoms with Gasteiger partial charge in [-0.2, -0.15) is 0 Å². The van der Waals surface area contributed by atoms with Crippen LogP contribution in [0.15, 0.2) is 54.5 Å². The lowest BCUT2D eigenvalue weighted by Crippen LogP contribution is -2.12. The average molecular weight is 328 g/mol. The largest absolute Gasteiger partial charge is 0.360 e. The molecule has 16 heavy (non-hydrogen) atoms. The Kier molecular flexibility index (Phi) is 5.38. The molecule has 1 aromatic rings. The number of rotatable bonds is 3. The second-order valence-electron chi connectivity index (χ2n) is 3.66. The van der Waals surface area contributed by atoms with E-state index < -0.39 is 0 Å². The molecule has 0 aliphatic carbocycles. The maximum absolute atomic E-state index is 3.28. The lowest BCUT2D eigenvalue weighted by molar-refractivity contribution is 0.503. The van der Waals surface area contributed by atoms with Gasteiger partial charge >= 0.3 is 0 Å². The molecule has 1 heterocycles. The number of hydrogen-bond acceptors (Lipinski definition) is 2. The van der Waals surface area contributed by atoms with Crippen molar-refractivity contribution >= 4 is 29.7 Å². The molecule has 0 aromatic heterocycles. The highest BCUT2D eigenvalue weighted by Crippen LogP contribution is 2.12. The molecule has 0 unspecified atom stereocenters. The van der Waals surface area contributed by atoms with Crippen molar-refractivity contribution in [2.45, 2.75) is 13.3 Å². The van der Waals surface area contributed by atoms with Crippen LogP contribution in [0.25, 0.3) is 0 Å². The van der Waals surface area contributed by atoms with E-state index in [-0.39, 0.29) is 24.0 Å². The van der Waals surface area contributed by atoms with E-state index in [1.165, 1.54) is 5.70 Å². The summed E-state index contributed by atoms with van der Waals surface area (Å²) >= 11 is 0. The maximum atomic E-state index is 3.28. The summed E-state index contributed by atoms with van der Waals surface area (Å²) in [5.41, 5.74) is 2.37. The standard InChI is InChI=1S/C13H16N2.HI/c1-12(15-9-5-6-10-15)11-14-13-7-3-2-4-8-13;/h2-5,7-9,11,14H,6,10H2,1H3;1H. The Morgan fingerprint density at radius 2 is 2.06 bits per heavy atom. The Morgan fingerprint density at radius 1 is 1.31 bits per heavy atom. The third kappa shape index (κ3) is 3.56. The molecule has 0 atom stereocenters. The number of anilines is 1. The van der Waals surface area contributed by atoms with Crippen molar-refractivity contribution in [3.05, 3.63) is 54.5 Å². The van der Waals surface area contributed by atoms with E-state index in [1.54, 1.807) is 0 Å². The topological polar surface area (TPSA) is 15.3 Å². The number of nitrogens with zero attached hydrogens (tertiary/aromatic N) is 1. The molecule has 0 radical (unpaired) electrons. The third-order valence-electron chi connectivity index (χ3n) is 2.50. The number of benzene rings is 1. The van der Waals surface area contributed by atoms with Crippen molar-refractivity contribution < 1.29 is 0 Å². The van der Waals surface area contributed by atoms with Crippen LogP contribution in [0.4, 0.5) is 5.69 Å². The Bertz CT molecular complexity index is 371. The van der Waals surface area contributed by atoms with Crippen LogP contribution in [0.2, 0.25) is 0 Å². The summed E-state index contributed by atoms with van der Waals surface area (Å²) in [5, 5.41) is 3.28. The molecule has 0 saturated carbocycles. The SMILES string of the molecule is CC(=CNc1ccccc1)N1C=CCC1.I. The van der Waals surface area contributed by atoms with Gasteiger partial charge in [0, 0.05) is 24.1 Å². The van der Waals surface area contributed by atoms with Crippen LogP contribution in [-0.2, 0) is 0 Å². The summed E-state index contributed by atoms with van der Waals surface area (Å²) < 4.78 is 0. The lowest BCUT2D eigenvalue weighted by atomic mass is 10.3. The summed E-state index contributed by atoms with van der Waals surface area (Å²) in [4.78, 5) is 2.25. The van der Waals surface area contributed by atoms with E-state index in [9.17, 15) is 0 Å². The molecular weight excluding hydrogens is 311 g/mol. The van der Waals surface area contributed by atoms with Gasteiger partial charge in [-0.15, -0.1) is 24.0 Å². The summed E-state index contributed by atoms with van der Waals surface area (Å²) in [6, 6.07) is 10.2. The van der Waals surface area contributed by atoms with Crippen LogP contribution in [0.1, 0.15) is 13.3 Å². The molecule has 1 aliphatic rings. The van der Waals surface area contributed by atoms with Gasteiger partial charge in [-0.25, -0.2) is 0 Å². The fraction of sp³-hybridized carbons (Fsp3) is 0.231. The first-order valence-electron chi connectivity index (χ1n) is 5.28. The Labute approximate surface area is 114 Å². The van der Waals surface area contributed by atoms with E-state index in [0.29, 0.717) is 0 Å². The minimum atomic E-state index is 0. The van der Waals surface area contributed by atoms with Crippen molar-refractivity contribution in [2.75, 3.05) is 11.9 Å². The predicted octanol–water partition coefficient (Wildman–Crippen LogP) is 3.80. The number of nitrogens with one attached hydrogen (secondary N) is 1. The molecule has 1 N–H and O–H groups in total. The summed E-state index contributed by atoms with van der Waals surface area (Å²) in [6.45, 7) is 3.21. The molecule has 2 nitrogen and oxygen atoms in total. The van der Waals surface area contributed by atoms with Gasteiger partial charge in [0.2, 0.25) is 0 Å². The quantitative estimate of drug-likeness (QED) is 0.849. The summed E-state index contributed by atoms with van der Waals surface area (Å²) in [5.74, 6) is 0. The van der Waals surface area contributed by atoms with E-state index in [1.807, 2.05) is 24.4 Å². The highest BCUT2D eigenvalue weighted by Gasteiger charge is 2.04. The first-order valence-corrected chi connectivity index (χ1v) is 5.28. The maximum Gasteiger partial charge on any atom is 0.0380 e. The summed E-state index contributed by atoms with van der Waals surface area (Å²) in [7, 11) is 0. The fourth-order valence-corrected chi connectivity index (χ4v) is 1.59. The van der Waals surface area contributed by atoms with Gasteiger partial charge in [0.25, 0.3) is 0 Å². The van der Waals surface area contributed by atoms with Crippen LogP contribution in [-0.4, -0.2) is 11.4 Å². The monoisotopic (exact) mass is 328 g/mol. The van der Waals surface area contributed by atoms with Gasteiger partial charge in [0.1, 0.15) is 0 Å². The molecule has 0 saturated heterocycles. The normalized spacial score (nSPS) is 14.8. The molecule has 0 spiro atoms. The zero-order chi connectivity index (χ0) is 10.5. The van der Waals surface area contributed by atoms with Crippen molar-refractivity contribution in [3.63, 3.8) is 0 Å². The molecule has 3 heteroatoms.